The molecule has 0 spiro atoms. The summed E-state index contributed by atoms with van der Waals surface area (Å²) in [6.07, 6.45) is 4.51. The number of aromatic nitrogens is 4. The minimum Gasteiger partial charge on any atom is -0.507 e. The summed E-state index contributed by atoms with van der Waals surface area (Å²) in [5.74, 6) is 1.92. The van der Waals surface area contributed by atoms with Gasteiger partial charge in [-0.25, -0.2) is 15.0 Å². The maximum absolute atomic E-state index is 10.1. The summed E-state index contributed by atoms with van der Waals surface area (Å²) in [5, 5.41) is 10.1. The van der Waals surface area contributed by atoms with Gasteiger partial charge in [-0.2, -0.15) is 0 Å². The molecule has 3 N–H and O–H groups in total. The van der Waals surface area contributed by atoms with Crippen molar-refractivity contribution in [1.29, 1.82) is 0 Å². The molecule has 8 heteroatoms. The van der Waals surface area contributed by atoms with Crippen LogP contribution in [0.5, 0.6) is 5.75 Å². The topological polar surface area (TPSA) is 96.3 Å². The second-order valence-electron chi connectivity index (χ2n) is 12.6. The number of pyridine rings is 2. The lowest BCUT2D eigenvalue weighted by Gasteiger charge is -2.29. The highest BCUT2D eigenvalue weighted by Crippen LogP contribution is 2.32. The Labute approximate surface area is 287 Å². The SMILES string of the molecule is C=Cc1cc(C(=C)N(CC)CC2CCN(Cc3ccc(-n4c(-c5cccnc5N)nc5ccc(-c6ccccc6)nc54)cc3)C2)ccc1O. The minimum absolute atomic E-state index is 0.236. The van der Waals surface area contributed by atoms with Gasteiger partial charge in [0.05, 0.1) is 11.3 Å². The Morgan fingerprint density at radius 3 is 2.57 bits per heavy atom. The molecular weight excluding hydrogens is 606 g/mol. The number of phenols is 1. The third-order valence-corrected chi connectivity index (χ3v) is 9.45. The van der Waals surface area contributed by atoms with Crippen molar-refractivity contribution in [2.75, 3.05) is 31.9 Å². The predicted octanol–water partition coefficient (Wildman–Crippen LogP) is 7.90. The Morgan fingerprint density at radius 1 is 1.00 bits per heavy atom. The Bertz CT molecular complexity index is 2120. The first-order valence-corrected chi connectivity index (χ1v) is 16.8. The van der Waals surface area contributed by atoms with E-state index in [4.69, 9.17) is 15.7 Å². The molecule has 1 aliphatic heterocycles. The number of nitrogens with two attached hydrogens (primary N) is 1. The number of imidazole rings is 1. The summed E-state index contributed by atoms with van der Waals surface area (Å²) < 4.78 is 2.09. The zero-order chi connectivity index (χ0) is 33.9. The van der Waals surface area contributed by atoms with E-state index >= 15 is 0 Å². The van der Waals surface area contributed by atoms with Gasteiger partial charge in [0.25, 0.3) is 0 Å². The van der Waals surface area contributed by atoms with Crippen molar-refractivity contribution >= 4 is 28.8 Å². The van der Waals surface area contributed by atoms with E-state index in [1.807, 2.05) is 54.6 Å². The molecule has 0 amide bonds. The molecule has 1 unspecified atom stereocenters. The number of nitrogens with zero attached hydrogens (tertiary/aromatic N) is 6. The maximum Gasteiger partial charge on any atom is 0.165 e. The normalized spacial score (nSPS) is 14.7. The summed E-state index contributed by atoms with van der Waals surface area (Å²) in [7, 11) is 0. The fraction of sp³-hybridized carbons (Fsp3) is 0.195. The minimum atomic E-state index is 0.236. The van der Waals surface area contributed by atoms with Crippen LogP contribution in [0.3, 0.4) is 0 Å². The fourth-order valence-electron chi connectivity index (χ4n) is 6.79. The predicted molar refractivity (Wildman–Crippen MR) is 200 cm³/mol. The van der Waals surface area contributed by atoms with Gasteiger partial charge in [-0.3, -0.25) is 9.47 Å². The summed E-state index contributed by atoms with van der Waals surface area (Å²) >= 11 is 0. The number of aromatic hydroxyl groups is 1. The zero-order valence-electron chi connectivity index (χ0n) is 27.8. The molecule has 0 bridgehead atoms. The average molecular weight is 648 g/mol. The highest BCUT2D eigenvalue weighted by Gasteiger charge is 2.25. The molecule has 3 aromatic heterocycles. The Morgan fingerprint density at radius 2 is 1.82 bits per heavy atom. The number of benzene rings is 3. The molecular formula is C41H41N7O. The summed E-state index contributed by atoms with van der Waals surface area (Å²) in [6.45, 7) is 15.2. The van der Waals surface area contributed by atoms with Crippen LogP contribution in [-0.4, -0.2) is 60.6 Å². The highest BCUT2D eigenvalue weighted by atomic mass is 16.3. The van der Waals surface area contributed by atoms with Crippen LogP contribution >= 0.6 is 0 Å². The third-order valence-electron chi connectivity index (χ3n) is 9.45. The first-order chi connectivity index (χ1) is 23.9. The molecule has 6 aromatic rings. The lowest BCUT2D eigenvalue weighted by molar-refractivity contribution is 0.290. The standard InChI is InChI=1S/C41H41N7O/c1-4-31-24-33(15-20-38(31)49)28(3)47(5-2)27-30-21-23-46(26-30)25-29-13-16-34(17-14-29)48-40(35-12-9-22-43-39(35)42)45-37-19-18-36(44-41(37)48)32-10-7-6-8-11-32/h4,6-20,22,24,30,49H,1,3,5,21,23,25-27H2,2H3,(H2,42,43). The van der Waals surface area contributed by atoms with Crippen molar-refractivity contribution in [2.24, 2.45) is 5.92 Å². The van der Waals surface area contributed by atoms with Crippen LogP contribution in [0, 0.1) is 5.92 Å². The first kappa shape index (κ1) is 31.8. The van der Waals surface area contributed by atoms with Crippen LogP contribution in [-0.2, 0) is 6.54 Å². The van der Waals surface area contributed by atoms with Crippen LogP contribution in [0.4, 0.5) is 5.82 Å². The van der Waals surface area contributed by atoms with Gasteiger partial charge < -0.3 is 15.7 Å². The van der Waals surface area contributed by atoms with Crippen LogP contribution in [0.2, 0.25) is 0 Å². The van der Waals surface area contributed by atoms with E-state index < -0.39 is 0 Å². The number of phenolic OH excluding ortho intramolecular Hbond substituents is 1. The van der Waals surface area contributed by atoms with Crippen LogP contribution in [0.25, 0.3) is 51.3 Å². The Kier molecular flexibility index (Phi) is 8.96. The van der Waals surface area contributed by atoms with Crippen LogP contribution < -0.4 is 5.73 Å². The molecule has 0 radical (unpaired) electrons. The lowest BCUT2D eigenvalue weighted by atomic mass is 10.0. The Hall–Kier alpha value is -5.73. The van der Waals surface area contributed by atoms with Gasteiger partial charge in [0.1, 0.15) is 17.1 Å². The van der Waals surface area contributed by atoms with E-state index in [1.165, 1.54) is 5.56 Å². The number of anilines is 1. The molecule has 1 saturated heterocycles. The fourth-order valence-corrected chi connectivity index (χ4v) is 6.79. The second-order valence-corrected chi connectivity index (χ2v) is 12.6. The van der Waals surface area contributed by atoms with E-state index in [0.29, 0.717) is 17.6 Å². The van der Waals surface area contributed by atoms with Gasteiger partial charge in [-0.1, -0.05) is 61.7 Å². The number of nitrogen functional groups attached to an aromatic ring is 1. The van der Waals surface area contributed by atoms with Gasteiger partial charge in [0.2, 0.25) is 0 Å². The van der Waals surface area contributed by atoms with Crippen molar-refractivity contribution in [3.05, 3.63) is 133 Å². The van der Waals surface area contributed by atoms with Crippen molar-refractivity contribution in [2.45, 2.75) is 19.9 Å². The first-order valence-electron chi connectivity index (χ1n) is 16.8. The molecule has 8 nitrogen and oxygen atoms in total. The third kappa shape index (κ3) is 6.55. The molecule has 246 valence electrons. The van der Waals surface area contributed by atoms with E-state index in [2.05, 4.69) is 75.8 Å². The molecule has 49 heavy (non-hydrogen) atoms. The number of rotatable bonds is 11. The molecule has 4 heterocycles. The number of fused-ring (bicyclic) bond motifs is 1. The molecule has 1 aliphatic rings. The van der Waals surface area contributed by atoms with Gasteiger partial charge in [0.15, 0.2) is 11.5 Å². The van der Waals surface area contributed by atoms with Crippen molar-refractivity contribution in [1.82, 2.24) is 29.3 Å². The number of likely N-dealkylation sites (tertiary alicyclic amines) is 1. The largest absolute Gasteiger partial charge is 0.507 e. The summed E-state index contributed by atoms with van der Waals surface area (Å²) in [4.78, 5) is 19.3. The highest BCUT2D eigenvalue weighted by molar-refractivity contribution is 5.84. The second kappa shape index (κ2) is 13.8. The monoisotopic (exact) mass is 647 g/mol. The maximum atomic E-state index is 10.1. The van der Waals surface area contributed by atoms with Gasteiger partial charge in [0, 0.05) is 54.9 Å². The van der Waals surface area contributed by atoms with E-state index in [9.17, 15) is 5.11 Å². The molecule has 7 rings (SSSR count). The quantitative estimate of drug-likeness (QED) is 0.148. The van der Waals surface area contributed by atoms with E-state index in [0.717, 1.165) is 89.6 Å². The molecule has 0 saturated carbocycles. The number of hydrogen-bond donors (Lipinski definition) is 2. The van der Waals surface area contributed by atoms with Crippen LogP contribution in [0.1, 0.15) is 30.0 Å². The molecule has 1 fully saturated rings. The van der Waals surface area contributed by atoms with Gasteiger partial charge in [-0.05, 0) is 91.5 Å². The van der Waals surface area contributed by atoms with Crippen molar-refractivity contribution in [3.8, 4) is 34.1 Å². The lowest BCUT2D eigenvalue weighted by Crippen LogP contribution is -2.30. The Balaban J connectivity index is 1.09. The smallest absolute Gasteiger partial charge is 0.165 e. The molecule has 1 atom stereocenters. The number of hydrogen-bond acceptors (Lipinski definition) is 7. The summed E-state index contributed by atoms with van der Waals surface area (Å²) in [5.41, 5.74) is 15.6. The zero-order valence-corrected chi connectivity index (χ0v) is 27.8. The van der Waals surface area contributed by atoms with E-state index in [1.54, 1.807) is 18.3 Å². The molecule has 0 aliphatic carbocycles. The average Bonchev–Trinajstić information content (AvgIpc) is 3.75. The van der Waals surface area contributed by atoms with E-state index in [-0.39, 0.29) is 5.75 Å². The van der Waals surface area contributed by atoms with Gasteiger partial charge in [-0.15, -0.1) is 0 Å². The summed E-state index contributed by atoms with van der Waals surface area (Å²) in [6, 6.07) is 32.4. The van der Waals surface area contributed by atoms with Crippen molar-refractivity contribution < 1.29 is 5.11 Å². The van der Waals surface area contributed by atoms with Crippen molar-refractivity contribution in [3.63, 3.8) is 0 Å². The van der Waals surface area contributed by atoms with Crippen LogP contribution in [0.15, 0.2) is 116 Å². The molecule has 3 aromatic carbocycles. The van der Waals surface area contributed by atoms with Gasteiger partial charge >= 0.3 is 0 Å².